The van der Waals surface area contributed by atoms with Gasteiger partial charge in [-0.25, -0.2) is 0 Å². The van der Waals surface area contributed by atoms with Crippen LogP contribution in [0.3, 0.4) is 0 Å². The van der Waals surface area contributed by atoms with Gasteiger partial charge in [-0.05, 0) is 23.8 Å². The number of aliphatic hydroxyl groups excluding tert-OH is 1. The summed E-state index contributed by atoms with van der Waals surface area (Å²) < 4.78 is 0. The summed E-state index contributed by atoms with van der Waals surface area (Å²) in [5.41, 5.74) is 2.42. The van der Waals surface area contributed by atoms with Gasteiger partial charge in [-0.2, -0.15) is 0 Å². The van der Waals surface area contributed by atoms with Gasteiger partial charge < -0.3 is 5.11 Å². The summed E-state index contributed by atoms with van der Waals surface area (Å²) in [5, 5.41) is 9.55. The Bertz CT molecular complexity index is 459. The van der Waals surface area contributed by atoms with Crippen LogP contribution in [0.4, 0.5) is 0 Å². The van der Waals surface area contributed by atoms with Crippen LogP contribution in [0.1, 0.15) is 5.56 Å². The number of aromatic nitrogens is 2. The van der Waals surface area contributed by atoms with Crippen molar-refractivity contribution in [3.63, 3.8) is 0 Å². The van der Waals surface area contributed by atoms with E-state index in [1.165, 1.54) is 0 Å². The fourth-order valence-corrected chi connectivity index (χ4v) is 1.45. The lowest BCUT2D eigenvalue weighted by Gasteiger charge is -2.04. The number of hydrogen-bond acceptors (Lipinski definition) is 3. The van der Waals surface area contributed by atoms with Crippen molar-refractivity contribution in [1.29, 1.82) is 0 Å². The zero-order valence-electron chi connectivity index (χ0n) is 7.89. The molecule has 2 aromatic rings. The lowest BCUT2D eigenvalue weighted by atomic mass is 10.1. The second-order valence-electron chi connectivity index (χ2n) is 3.05. The third kappa shape index (κ3) is 2.14. The summed E-state index contributed by atoms with van der Waals surface area (Å²) in [5.74, 6) is 0. The zero-order valence-corrected chi connectivity index (χ0v) is 8.65. The van der Waals surface area contributed by atoms with Crippen molar-refractivity contribution in [2.24, 2.45) is 0 Å². The SMILES string of the molecule is OCc1cc(-c2ccncc2)ncc1Cl. The van der Waals surface area contributed by atoms with Crippen LogP contribution in [0.2, 0.25) is 5.02 Å². The third-order valence-electron chi connectivity index (χ3n) is 2.08. The Morgan fingerprint density at radius 1 is 1.27 bits per heavy atom. The van der Waals surface area contributed by atoms with Gasteiger partial charge in [0.05, 0.1) is 17.3 Å². The Morgan fingerprint density at radius 2 is 2.00 bits per heavy atom. The second kappa shape index (κ2) is 4.38. The summed E-state index contributed by atoms with van der Waals surface area (Å²) in [6.45, 7) is -0.0839. The average molecular weight is 221 g/mol. The molecule has 0 fully saturated rings. The molecular formula is C11H9ClN2O. The van der Waals surface area contributed by atoms with Gasteiger partial charge in [0, 0.05) is 24.2 Å². The van der Waals surface area contributed by atoms with Crippen molar-refractivity contribution in [1.82, 2.24) is 9.97 Å². The van der Waals surface area contributed by atoms with Gasteiger partial charge in [-0.3, -0.25) is 9.97 Å². The monoisotopic (exact) mass is 220 g/mol. The maximum atomic E-state index is 9.07. The minimum absolute atomic E-state index is 0.0839. The Kier molecular flexibility index (Phi) is 2.94. The molecule has 2 heterocycles. The van der Waals surface area contributed by atoms with E-state index in [-0.39, 0.29) is 6.61 Å². The van der Waals surface area contributed by atoms with Crippen LogP contribution in [0, 0.1) is 0 Å². The van der Waals surface area contributed by atoms with Gasteiger partial charge in [-0.15, -0.1) is 0 Å². The molecule has 3 nitrogen and oxygen atoms in total. The first-order valence-electron chi connectivity index (χ1n) is 4.47. The van der Waals surface area contributed by atoms with Gasteiger partial charge in [-0.1, -0.05) is 11.6 Å². The first-order chi connectivity index (χ1) is 7.31. The molecule has 0 aliphatic carbocycles. The highest BCUT2D eigenvalue weighted by molar-refractivity contribution is 6.31. The molecular weight excluding hydrogens is 212 g/mol. The molecule has 0 saturated heterocycles. The van der Waals surface area contributed by atoms with Crippen molar-refractivity contribution < 1.29 is 5.11 Å². The summed E-state index contributed by atoms with van der Waals surface area (Å²) >= 11 is 5.85. The Balaban J connectivity index is 2.46. The van der Waals surface area contributed by atoms with Crippen LogP contribution in [0.15, 0.2) is 36.8 Å². The van der Waals surface area contributed by atoms with Gasteiger partial charge in [0.15, 0.2) is 0 Å². The molecule has 2 rings (SSSR count). The molecule has 0 bridgehead atoms. The molecule has 15 heavy (non-hydrogen) atoms. The standard InChI is InChI=1S/C11H9ClN2O/c12-10-6-14-11(5-9(10)7-15)8-1-3-13-4-2-8/h1-6,15H,7H2. The number of rotatable bonds is 2. The second-order valence-corrected chi connectivity index (χ2v) is 3.46. The van der Waals surface area contributed by atoms with Crippen LogP contribution in [-0.4, -0.2) is 15.1 Å². The van der Waals surface area contributed by atoms with Gasteiger partial charge in [0.1, 0.15) is 0 Å². The van der Waals surface area contributed by atoms with Gasteiger partial charge in [0.25, 0.3) is 0 Å². The molecule has 2 aromatic heterocycles. The fourth-order valence-electron chi connectivity index (χ4n) is 1.28. The maximum absolute atomic E-state index is 9.07. The Labute approximate surface area is 92.4 Å². The molecule has 0 saturated carbocycles. The molecule has 0 aliphatic heterocycles. The summed E-state index contributed by atoms with van der Waals surface area (Å²) in [4.78, 5) is 8.11. The molecule has 0 aliphatic rings. The lowest BCUT2D eigenvalue weighted by molar-refractivity contribution is 0.282. The smallest absolute Gasteiger partial charge is 0.0707 e. The van der Waals surface area contributed by atoms with E-state index in [1.54, 1.807) is 24.7 Å². The fraction of sp³-hybridized carbons (Fsp3) is 0.0909. The average Bonchev–Trinajstić information content (AvgIpc) is 2.31. The topological polar surface area (TPSA) is 46.0 Å². The summed E-state index contributed by atoms with van der Waals surface area (Å²) in [6, 6.07) is 5.49. The molecule has 0 aromatic carbocycles. The summed E-state index contributed by atoms with van der Waals surface area (Å²) in [6.07, 6.45) is 4.94. The predicted molar refractivity (Wildman–Crippen MR) is 58.4 cm³/mol. The van der Waals surface area contributed by atoms with Crippen LogP contribution in [-0.2, 0) is 6.61 Å². The maximum Gasteiger partial charge on any atom is 0.0707 e. The molecule has 76 valence electrons. The van der Waals surface area contributed by atoms with E-state index in [1.807, 2.05) is 12.1 Å². The number of nitrogens with zero attached hydrogens (tertiary/aromatic N) is 2. The first kappa shape index (κ1) is 10.1. The van der Waals surface area contributed by atoms with E-state index < -0.39 is 0 Å². The summed E-state index contributed by atoms with van der Waals surface area (Å²) in [7, 11) is 0. The van der Waals surface area contributed by atoms with Gasteiger partial charge >= 0.3 is 0 Å². The van der Waals surface area contributed by atoms with Crippen molar-refractivity contribution in [2.45, 2.75) is 6.61 Å². The van der Waals surface area contributed by atoms with E-state index >= 15 is 0 Å². The van der Waals surface area contributed by atoms with Gasteiger partial charge in [0.2, 0.25) is 0 Å². The van der Waals surface area contributed by atoms with E-state index in [0.29, 0.717) is 10.6 Å². The highest BCUT2D eigenvalue weighted by Gasteiger charge is 2.03. The quantitative estimate of drug-likeness (QED) is 0.845. The normalized spacial score (nSPS) is 10.3. The number of hydrogen-bond donors (Lipinski definition) is 1. The highest BCUT2D eigenvalue weighted by atomic mass is 35.5. The predicted octanol–water partition coefficient (Wildman–Crippen LogP) is 2.29. The molecule has 0 atom stereocenters. The van der Waals surface area contributed by atoms with Crippen LogP contribution < -0.4 is 0 Å². The van der Waals surface area contributed by atoms with E-state index in [4.69, 9.17) is 16.7 Å². The minimum Gasteiger partial charge on any atom is -0.392 e. The largest absolute Gasteiger partial charge is 0.392 e. The molecule has 4 heteroatoms. The van der Waals surface area contributed by atoms with E-state index in [0.717, 1.165) is 11.3 Å². The first-order valence-corrected chi connectivity index (χ1v) is 4.84. The van der Waals surface area contributed by atoms with Crippen molar-refractivity contribution >= 4 is 11.6 Å². The van der Waals surface area contributed by atoms with Crippen LogP contribution >= 0.6 is 11.6 Å². The molecule has 1 N–H and O–H groups in total. The Hall–Kier alpha value is -1.45. The molecule has 0 spiro atoms. The zero-order chi connectivity index (χ0) is 10.7. The van der Waals surface area contributed by atoms with E-state index in [9.17, 15) is 0 Å². The number of halogens is 1. The number of aliphatic hydroxyl groups is 1. The molecule has 0 unspecified atom stereocenters. The molecule has 0 radical (unpaired) electrons. The lowest BCUT2D eigenvalue weighted by Crippen LogP contribution is -1.90. The highest BCUT2D eigenvalue weighted by Crippen LogP contribution is 2.21. The minimum atomic E-state index is -0.0839. The van der Waals surface area contributed by atoms with Crippen molar-refractivity contribution in [3.05, 3.63) is 47.4 Å². The van der Waals surface area contributed by atoms with Crippen LogP contribution in [0.5, 0.6) is 0 Å². The third-order valence-corrected chi connectivity index (χ3v) is 2.42. The Morgan fingerprint density at radius 3 is 2.67 bits per heavy atom. The van der Waals surface area contributed by atoms with E-state index in [2.05, 4.69) is 9.97 Å². The molecule has 0 amide bonds. The number of pyridine rings is 2. The van der Waals surface area contributed by atoms with Crippen molar-refractivity contribution in [2.75, 3.05) is 0 Å². The van der Waals surface area contributed by atoms with Crippen molar-refractivity contribution in [3.8, 4) is 11.3 Å². The van der Waals surface area contributed by atoms with Crippen LogP contribution in [0.25, 0.3) is 11.3 Å².